The summed E-state index contributed by atoms with van der Waals surface area (Å²) in [5.41, 5.74) is 1.30. The first-order valence-corrected chi connectivity index (χ1v) is 7.83. The zero-order valence-electron chi connectivity index (χ0n) is 10.4. The molecule has 0 aromatic heterocycles. The van der Waals surface area contributed by atoms with E-state index in [1.807, 2.05) is 6.92 Å². The highest BCUT2D eigenvalue weighted by atomic mass is 32.2. The molecule has 1 aromatic carbocycles. The molecule has 0 aliphatic rings. The standard InChI is InChI=1S/C13H18O2S2/c1-10(13(14)15-2)8-17-9-11-4-6-12(16-3)7-5-11/h4-7,10H,8-9H2,1-3H3. The largest absolute Gasteiger partial charge is 0.469 e. The molecule has 2 nitrogen and oxygen atoms in total. The molecule has 0 aliphatic heterocycles. The van der Waals surface area contributed by atoms with E-state index in [1.54, 1.807) is 23.5 Å². The van der Waals surface area contributed by atoms with Crippen LogP contribution in [-0.4, -0.2) is 25.1 Å². The minimum atomic E-state index is -0.129. The normalized spacial score (nSPS) is 12.2. The third-order valence-corrected chi connectivity index (χ3v) is 4.42. The Hall–Kier alpha value is -0.610. The average molecular weight is 270 g/mol. The summed E-state index contributed by atoms with van der Waals surface area (Å²) in [4.78, 5) is 12.5. The van der Waals surface area contributed by atoms with Gasteiger partial charge in [-0.25, -0.2) is 0 Å². The number of methoxy groups -OCH3 is 1. The lowest BCUT2D eigenvalue weighted by atomic mass is 10.2. The van der Waals surface area contributed by atoms with E-state index in [4.69, 9.17) is 4.74 Å². The van der Waals surface area contributed by atoms with E-state index in [9.17, 15) is 4.79 Å². The zero-order chi connectivity index (χ0) is 12.7. The van der Waals surface area contributed by atoms with Gasteiger partial charge in [0.2, 0.25) is 0 Å². The van der Waals surface area contributed by atoms with Gasteiger partial charge >= 0.3 is 5.97 Å². The second-order valence-corrected chi connectivity index (χ2v) is 5.70. The fourth-order valence-electron chi connectivity index (χ4n) is 1.34. The van der Waals surface area contributed by atoms with Gasteiger partial charge in [0.05, 0.1) is 13.0 Å². The van der Waals surface area contributed by atoms with Gasteiger partial charge in [-0.05, 0) is 24.0 Å². The Morgan fingerprint density at radius 2 is 2.00 bits per heavy atom. The SMILES string of the molecule is COC(=O)C(C)CSCc1ccc(SC)cc1. The summed E-state index contributed by atoms with van der Waals surface area (Å²) < 4.78 is 4.69. The van der Waals surface area contributed by atoms with Crippen LogP contribution in [0.4, 0.5) is 0 Å². The third kappa shape index (κ3) is 5.04. The van der Waals surface area contributed by atoms with E-state index in [2.05, 4.69) is 30.5 Å². The Bertz CT molecular complexity index is 349. The molecule has 94 valence electrons. The molecular weight excluding hydrogens is 252 g/mol. The Labute approximate surface area is 112 Å². The van der Waals surface area contributed by atoms with Crippen LogP contribution in [0.1, 0.15) is 12.5 Å². The van der Waals surface area contributed by atoms with E-state index in [0.29, 0.717) is 0 Å². The van der Waals surface area contributed by atoms with Gasteiger partial charge in [-0.15, -0.1) is 11.8 Å². The van der Waals surface area contributed by atoms with Crippen molar-refractivity contribution in [3.8, 4) is 0 Å². The maximum Gasteiger partial charge on any atom is 0.309 e. The van der Waals surface area contributed by atoms with Crippen molar-refractivity contribution >= 4 is 29.5 Å². The summed E-state index contributed by atoms with van der Waals surface area (Å²) in [5.74, 6) is 1.58. The maximum absolute atomic E-state index is 11.2. The van der Waals surface area contributed by atoms with Crippen LogP contribution >= 0.6 is 23.5 Å². The van der Waals surface area contributed by atoms with Crippen molar-refractivity contribution < 1.29 is 9.53 Å². The van der Waals surface area contributed by atoms with E-state index in [0.717, 1.165) is 11.5 Å². The summed E-state index contributed by atoms with van der Waals surface area (Å²) in [6.07, 6.45) is 2.07. The first-order valence-electron chi connectivity index (χ1n) is 5.46. The lowest BCUT2D eigenvalue weighted by Gasteiger charge is -2.08. The van der Waals surface area contributed by atoms with Gasteiger partial charge in [0.15, 0.2) is 0 Å². The molecule has 4 heteroatoms. The first kappa shape index (κ1) is 14.5. The molecule has 0 heterocycles. The van der Waals surface area contributed by atoms with Crippen molar-refractivity contribution in [2.24, 2.45) is 5.92 Å². The van der Waals surface area contributed by atoms with E-state index >= 15 is 0 Å². The number of benzene rings is 1. The Balaban J connectivity index is 2.33. The molecule has 1 rings (SSSR count). The zero-order valence-corrected chi connectivity index (χ0v) is 12.1. The molecule has 0 spiro atoms. The Morgan fingerprint density at radius 1 is 1.35 bits per heavy atom. The Kier molecular flexibility index (Phi) is 6.52. The lowest BCUT2D eigenvalue weighted by molar-refractivity contribution is -0.143. The van der Waals surface area contributed by atoms with Crippen LogP contribution in [-0.2, 0) is 15.3 Å². The fraction of sp³-hybridized carbons (Fsp3) is 0.462. The third-order valence-electron chi connectivity index (χ3n) is 2.40. The quantitative estimate of drug-likeness (QED) is 0.584. The number of rotatable bonds is 6. The van der Waals surface area contributed by atoms with Gasteiger partial charge in [0, 0.05) is 16.4 Å². The number of thioether (sulfide) groups is 2. The molecule has 0 saturated heterocycles. The van der Waals surface area contributed by atoms with Gasteiger partial charge in [0.25, 0.3) is 0 Å². The minimum absolute atomic E-state index is 0.0320. The second kappa shape index (κ2) is 7.67. The molecule has 0 fully saturated rings. The topological polar surface area (TPSA) is 26.3 Å². The summed E-state index contributed by atoms with van der Waals surface area (Å²) in [5, 5.41) is 0. The van der Waals surface area contributed by atoms with Crippen LogP contribution < -0.4 is 0 Å². The smallest absolute Gasteiger partial charge is 0.309 e. The fourth-order valence-corrected chi connectivity index (χ4v) is 2.79. The second-order valence-electron chi connectivity index (χ2n) is 3.79. The molecule has 0 N–H and O–H groups in total. The number of esters is 1. The molecule has 0 saturated carbocycles. The first-order chi connectivity index (χ1) is 8.17. The van der Waals surface area contributed by atoms with Crippen LogP contribution in [0, 0.1) is 5.92 Å². The summed E-state index contributed by atoms with van der Waals surface area (Å²) in [7, 11) is 1.44. The number of hydrogen-bond acceptors (Lipinski definition) is 4. The summed E-state index contributed by atoms with van der Waals surface area (Å²) in [6, 6.07) is 8.54. The van der Waals surface area contributed by atoms with Crippen molar-refractivity contribution in [2.45, 2.75) is 17.6 Å². The van der Waals surface area contributed by atoms with Crippen molar-refractivity contribution in [2.75, 3.05) is 19.1 Å². The molecule has 1 unspecified atom stereocenters. The van der Waals surface area contributed by atoms with Crippen molar-refractivity contribution in [3.63, 3.8) is 0 Å². The molecule has 0 bridgehead atoms. The average Bonchev–Trinajstić information content (AvgIpc) is 2.38. The number of hydrogen-bond donors (Lipinski definition) is 0. The lowest BCUT2D eigenvalue weighted by Crippen LogP contribution is -2.14. The summed E-state index contributed by atoms with van der Waals surface area (Å²) >= 11 is 3.51. The molecule has 1 atom stereocenters. The molecule has 0 amide bonds. The van der Waals surface area contributed by atoms with Crippen LogP contribution in [0.3, 0.4) is 0 Å². The van der Waals surface area contributed by atoms with Gasteiger partial charge in [-0.2, -0.15) is 11.8 Å². The van der Waals surface area contributed by atoms with Crippen LogP contribution in [0.15, 0.2) is 29.2 Å². The molecule has 0 aliphatic carbocycles. The Morgan fingerprint density at radius 3 is 2.53 bits per heavy atom. The molecular formula is C13H18O2S2. The maximum atomic E-state index is 11.2. The minimum Gasteiger partial charge on any atom is -0.469 e. The highest BCUT2D eigenvalue weighted by Crippen LogP contribution is 2.19. The highest BCUT2D eigenvalue weighted by molar-refractivity contribution is 7.98. The van der Waals surface area contributed by atoms with E-state index < -0.39 is 0 Å². The van der Waals surface area contributed by atoms with Crippen molar-refractivity contribution in [1.82, 2.24) is 0 Å². The van der Waals surface area contributed by atoms with Crippen LogP contribution in [0.5, 0.6) is 0 Å². The van der Waals surface area contributed by atoms with Crippen molar-refractivity contribution in [3.05, 3.63) is 29.8 Å². The predicted octanol–water partition coefficient (Wildman–Crippen LogP) is 3.45. The summed E-state index contributed by atoms with van der Waals surface area (Å²) in [6.45, 7) is 1.90. The van der Waals surface area contributed by atoms with E-state index in [1.165, 1.54) is 17.6 Å². The van der Waals surface area contributed by atoms with Crippen LogP contribution in [0.25, 0.3) is 0 Å². The molecule has 1 aromatic rings. The monoisotopic (exact) mass is 270 g/mol. The number of ether oxygens (including phenoxy) is 1. The van der Waals surface area contributed by atoms with E-state index in [-0.39, 0.29) is 11.9 Å². The van der Waals surface area contributed by atoms with Gasteiger partial charge in [0.1, 0.15) is 0 Å². The molecule has 17 heavy (non-hydrogen) atoms. The van der Waals surface area contributed by atoms with Gasteiger partial charge in [-0.1, -0.05) is 19.1 Å². The number of carbonyl (C=O) groups excluding carboxylic acids is 1. The number of carbonyl (C=O) groups is 1. The van der Waals surface area contributed by atoms with Crippen LogP contribution in [0.2, 0.25) is 0 Å². The van der Waals surface area contributed by atoms with Gasteiger partial charge in [-0.3, -0.25) is 4.79 Å². The van der Waals surface area contributed by atoms with Gasteiger partial charge < -0.3 is 4.74 Å². The molecule has 0 radical (unpaired) electrons. The van der Waals surface area contributed by atoms with Crippen molar-refractivity contribution in [1.29, 1.82) is 0 Å². The predicted molar refractivity (Wildman–Crippen MR) is 75.6 cm³/mol. The highest BCUT2D eigenvalue weighted by Gasteiger charge is 2.12.